The summed E-state index contributed by atoms with van der Waals surface area (Å²) in [5.41, 5.74) is -0.993. The number of aliphatic hydroxyl groups is 1. The zero-order valence-electron chi connectivity index (χ0n) is 12.2. The first-order chi connectivity index (χ1) is 9.30. The average molecular weight is 307 g/mol. The third-order valence-electron chi connectivity index (χ3n) is 3.85. The highest BCUT2D eigenvalue weighted by molar-refractivity contribution is 7.90. The molecule has 1 aliphatic carbocycles. The molecule has 0 aromatic carbocycles. The summed E-state index contributed by atoms with van der Waals surface area (Å²) in [6.45, 7) is 3.85. The normalized spacial score (nSPS) is 27.2. The first kappa shape index (κ1) is 17.4. The van der Waals surface area contributed by atoms with Crippen molar-refractivity contribution in [2.24, 2.45) is 5.92 Å². The van der Waals surface area contributed by atoms with Crippen LogP contribution >= 0.6 is 0 Å². The van der Waals surface area contributed by atoms with Crippen molar-refractivity contribution in [1.82, 2.24) is 4.72 Å². The number of sulfonamides is 1. The molecular formula is C13H25NO5S. The molecule has 1 fully saturated rings. The van der Waals surface area contributed by atoms with Crippen LogP contribution < -0.4 is 4.72 Å². The summed E-state index contributed by atoms with van der Waals surface area (Å²) >= 11 is 0. The fourth-order valence-corrected chi connectivity index (χ4v) is 3.44. The SMILES string of the molecule is CCOC(=O)CS(=O)(=O)NCC1(O)CCC(CC)CC1. The molecule has 0 heterocycles. The number of carbonyl (C=O) groups excluding carboxylic acids is 1. The van der Waals surface area contributed by atoms with Crippen molar-refractivity contribution in [3.05, 3.63) is 0 Å². The number of carbonyl (C=O) groups is 1. The Morgan fingerprint density at radius 2 is 1.95 bits per heavy atom. The van der Waals surface area contributed by atoms with Gasteiger partial charge in [-0.1, -0.05) is 13.3 Å². The Kier molecular flexibility index (Phi) is 6.42. The lowest BCUT2D eigenvalue weighted by Crippen LogP contribution is -2.46. The highest BCUT2D eigenvalue weighted by Gasteiger charge is 2.34. The number of esters is 1. The molecule has 0 aromatic heterocycles. The van der Waals surface area contributed by atoms with Crippen molar-refractivity contribution in [2.45, 2.75) is 51.6 Å². The van der Waals surface area contributed by atoms with Crippen LogP contribution in [0.1, 0.15) is 46.0 Å². The van der Waals surface area contributed by atoms with Gasteiger partial charge >= 0.3 is 5.97 Å². The number of hydrogen-bond donors (Lipinski definition) is 2. The lowest BCUT2D eigenvalue weighted by Gasteiger charge is -2.35. The summed E-state index contributed by atoms with van der Waals surface area (Å²) in [7, 11) is -3.74. The van der Waals surface area contributed by atoms with E-state index in [1.807, 2.05) is 0 Å². The van der Waals surface area contributed by atoms with Crippen LogP contribution in [0.25, 0.3) is 0 Å². The molecule has 118 valence electrons. The predicted octanol–water partition coefficient (Wildman–Crippen LogP) is 0.800. The van der Waals surface area contributed by atoms with Gasteiger partial charge in [0, 0.05) is 6.54 Å². The number of nitrogens with one attached hydrogen (secondary N) is 1. The highest BCUT2D eigenvalue weighted by Crippen LogP contribution is 2.33. The molecule has 20 heavy (non-hydrogen) atoms. The van der Waals surface area contributed by atoms with E-state index in [1.54, 1.807) is 6.92 Å². The molecular weight excluding hydrogens is 282 g/mol. The van der Waals surface area contributed by atoms with Crippen molar-refractivity contribution >= 4 is 16.0 Å². The summed E-state index contributed by atoms with van der Waals surface area (Å²) in [6, 6.07) is 0. The van der Waals surface area contributed by atoms with Crippen LogP contribution in [0.4, 0.5) is 0 Å². The van der Waals surface area contributed by atoms with E-state index < -0.39 is 27.3 Å². The Balaban J connectivity index is 2.43. The maximum absolute atomic E-state index is 11.7. The molecule has 0 spiro atoms. The minimum atomic E-state index is -3.74. The van der Waals surface area contributed by atoms with Gasteiger partial charge in [-0.05, 0) is 38.5 Å². The van der Waals surface area contributed by atoms with Gasteiger partial charge in [-0.15, -0.1) is 0 Å². The molecule has 0 atom stereocenters. The molecule has 0 amide bonds. The third-order valence-corrected chi connectivity index (χ3v) is 5.05. The fourth-order valence-electron chi connectivity index (χ4n) is 2.45. The van der Waals surface area contributed by atoms with Crippen LogP contribution in [0.5, 0.6) is 0 Å². The Labute approximate surface area is 120 Å². The van der Waals surface area contributed by atoms with Gasteiger partial charge < -0.3 is 9.84 Å². The maximum atomic E-state index is 11.7. The van der Waals surface area contributed by atoms with Crippen molar-refractivity contribution in [3.63, 3.8) is 0 Å². The molecule has 0 unspecified atom stereocenters. The van der Waals surface area contributed by atoms with Crippen LogP contribution in [-0.2, 0) is 19.6 Å². The number of hydrogen-bond acceptors (Lipinski definition) is 5. The van der Waals surface area contributed by atoms with E-state index in [0.29, 0.717) is 18.8 Å². The van der Waals surface area contributed by atoms with E-state index in [9.17, 15) is 18.3 Å². The highest BCUT2D eigenvalue weighted by atomic mass is 32.2. The second-order valence-corrected chi connectivity index (χ2v) is 7.27. The van der Waals surface area contributed by atoms with Gasteiger partial charge in [-0.25, -0.2) is 13.1 Å². The van der Waals surface area contributed by atoms with Crippen molar-refractivity contribution in [3.8, 4) is 0 Å². The number of rotatable bonds is 7. The van der Waals surface area contributed by atoms with Crippen LogP contribution in [0.15, 0.2) is 0 Å². The van der Waals surface area contributed by atoms with Crippen molar-refractivity contribution < 1.29 is 23.1 Å². The molecule has 0 saturated heterocycles. The lowest BCUT2D eigenvalue weighted by atomic mass is 9.78. The number of ether oxygens (including phenoxy) is 1. The van der Waals surface area contributed by atoms with Crippen LogP contribution in [-0.4, -0.2) is 44.0 Å². The lowest BCUT2D eigenvalue weighted by molar-refractivity contribution is -0.139. The molecule has 1 rings (SSSR count). The van der Waals surface area contributed by atoms with Gasteiger partial charge in [-0.3, -0.25) is 4.79 Å². The molecule has 1 aliphatic rings. The van der Waals surface area contributed by atoms with Crippen LogP contribution in [0, 0.1) is 5.92 Å². The summed E-state index contributed by atoms with van der Waals surface area (Å²) < 4.78 is 30.3. The first-order valence-corrected chi connectivity index (χ1v) is 8.81. The molecule has 7 heteroatoms. The van der Waals surface area contributed by atoms with Gasteiger partial charge in [0.25, 0.3) is 0 Å². The second kappa shape index (κ2) is 7.38. The standard InChI is InChI=1S/C13H25NO5S/c1-3-11-5-7-13(16,8-6-11)10-14-20(17,18)9-12(15)19-4-2/h11,14,16H,3-10H2,1-2H3. The zero-order valence-corrected chi connectivity index (χ0v) is 13.0. The molecule has 0 radical (unpaired) electrons. The minimum absolute atomic E-state index is 0.0365. The van der Waals surface area contributed by atoms with E-state index in [4.69, 9.17) is 0 Å². The van der Waals surface area contributed by atoms with E-state index in [1.165, 1.54) is 0 Å². The Bertz CT molecular complexity index is 412. The predicted molar refractivity (Wildman–Crippen MR) is 75.6 cm³/mol. The van der Waals surface area contributed by atoms with E-state index in [-0.39, 0.29) is 13.2 Å². The van der Waals surface area contributed by atoms with Crippen LogP contribution in [0.2, 0.25) is 0 Å². The molecule has 6 nitrogen and oxygen atoms in total. The molecule has 0 bridgehead atoms. The zero-order chi connectivity index (χ0) is 15.2. The Hall–Kier alpha value is -0.660. The fraction of sp³-hybridized carbons (Fsp3) is 0.923. The Morgan fingerprint density at radius 1 is 1.35 bits per heavy atom. The second-order valence-electron chi connectivity index (χ2n) is 5.46. The summed E-state index contributed by atoms with van der Waals surface area (Å²) in [5, 5.41) is 10.3. The third kappa shape index (κ3) is 5.76. The van der Waals surface area contributed by atoms with E-state index >= 15 is 0 Å². The van der Waals surface area contributed by atoms with Gasteiger partial charge in [0.05, 0.1) is 12.2 Å². The van der Waals surface area contributed by atoms with E-state index in [2.05, 4.69) is 16.4 Å². The maximum Gasteiger partial charge on any atom is 0.322 e. The van der Waals surface area contributed by atoms with Crippen molar-refractivity contribution in [1.29, 1.82) is 0 Å². The van der Waals surface area contributed by atoms with Crippen LogP contribution in [0.3, 0.4) is 0 Å². The molecule has 2 N–H and O–H groups in total. The topological polar surface area (TPSA) is 92.7 Å². The van der Waals surface area contributed by atoms with Gasteiger partial charge in [-0.2, -0.15) is 0 Å². The van der Waals surface area contributed by atoms with E-state index in [0.717, 1.165) is 19.3 Å². The first-order valence-electron chi connectivity index (χ1n) is 7.15. The molecule has 1 saturated carbocycles. The summed E-state index contributed by atoms with van der Waals surface area (Å²) in [5.74, 6) is -0.859. The van der Waals surface area contributed by atoms with Gasteiger partial charge in [0.15, 0.2) is 5.75 Å². The quantitative estimate of drug-likeness (QED) is 0.679. The smallest absolute Gasteiger partial charge is 0.322 e. The summed E-state index contributed by atoms with van der Waals surface area (Å²) in [4.78, 5) is 11.2. The summed E-state index contributed by atoms with van der Waals surface area (Å²) in [6.07, 6.45) is 4.09. The monoisotopic (exact) mass is 307 g/mol. The molecule has 0 aromatic rings. The Morgan fingerprint density at radius 3 is 2.45 bits per heavy atom. The van der Waals surface area contributed by atoms with Crippen molar-refractivity contribution in [2.75, 3.05) is 18.9 Å². The average Bonchev–Trinajstić information content (AvgIpc) is 2.37. The largest absolute Gasteiger partial charge is 0.465 e. The minimum Gasteiger partial charge on any atom is -0.465 e. The molecule has 0 aliphatic heterocycles. The van der Waals surface area contributed by atoms with Gasteiger partial charge in [0.2, 0.25) is 10.0 Å². The van der Waals surface area contributed by atoms with Gasteiger partial charge in [0.1, 0.15) is 0 Å².